The third-order valence-electron chi connectivity index (χ3n) is 3.45. The summed E-state index contributed by atoms with van der Waals surface area (Å²) in [6.45, 7) is 0. The van der Waals surface area contributed by atoms with Crippen LogP contribution in [0.4, 0.5) is 0 Å². The van der Waals surface area contributed by atoms with Gasteiger partial charge in [0.05, 0.1) is 21.3 Å². The first-order chi connectivity index (χ1) is 10.4. The Morgan fingerprint density at radius 1 is 1.00 bits per heavy atom. The van der Waals surface area contributed by atoms with Crippen LogP contribution in [0.2, 0.25) is 0 Å². The SMILES string of the molecule is COc1cc(C=C2C(=O)N(C)C(=S)N2C)cc(OC)c1OC. The summed E-state index contributed by atoms with van der Waals surface area (Å²) in [7, 11) is 8.04. The number of rotatable bonds is 4. The van der Waals surface area contributed by atoms with Crippen LogP contribution in [0.25, 0.3) is 6.08 Å². The molecule has 0 spiro atoms. The van der Waals surface area contributed by atoms with Crippen LogP contribution >= 0.6 is 12.2 Å². The Hall–Kier alpha value is -2.28. The van der Waals surface area contributed by atoms with E-state index in [4.69, 9.17) is 26.4 Å². The Labute approximate surface area is 134 Å². The fourth-order valence-electron chi connectivity index (χ4n) is 2.23. The van der Waals surface area contributed by atoms with E-state index in [1.54, 1.807) is 58.5 Å². The van der Waals surface area contributed by atoms with Crippen molar-refractivity contribution in [2.45, 2.75) is 0 Å². The lowest BCUT2D eigenvalue weighted by molar-refractivity contribution is -0.121. The molecule has 0 saturated carbocycles. The number of likely N-dealkylation sites (N-methyl/N-ethyl adjacent to an activating group) is 2. The van der Waals surface area contributed by atoms with E-state index in [0.717, 1.165) is 5.56 Å². The van der Waals surface area contributed by atoms with Crippen LogP contribution < -0.4 is 14.2 Å². The molecule has 6 nitrogen and oxygen atoms in total. The number of hydrogen-bond acceptors (Lipinski definition) is 5. The monoisotopic (exact) mass is 322 g/mol. The van der Waals surface area contributed by atoms with Crippen molar-refractivity contribution >= 4 is 29.3 Å². The molecule has 1 aliphatic heterocycles. The molecule has 0 radical (unpaired) electrons. The third-order valence-corrected chi connectivity index (χ3v) is 4.00. The molecule has 1 aliphatic rings. The number of amides is 1. The fraction of sp³-hybridized carbons (Fsp3) is 0.333. The molecule has 7 heteroatoms. The molecule has 22 heavy (non-hydrogen) atoms. The molecule has 0 aromatic heterocycles. The summed E-state index contributed by atoms with van der Waals surface area (Å²) in [5, 5.41) is 0.462. The van der Waals surface area contributed by atoms with Gasteiger partial charge < -0.3 is 19.1 Å². The highest BCUT2D eigenvalue weighted by Crippen LogP contribution is 2.39. The number of carbonyl (C=O) groups excluding carboxylic acids is 1. The average Bonchev–Trinajstić information content (AvgIpc) is 2.71. The summed E-state index contributed by atoms with van der Waals surface area (Å²) in [6.07, 6.45) is 1.74. The molecule has 118 valence electrons. The van der Waals surface area contributed by atoms with Crippen molar-refractivity contribution in [1.82, 2.24) is 9.80 Å². The minimum absolute atomic E-state index is 0.152. The van der Waals surface area contributed by atoms with Gasteiger partial charge in [-0.15, -0.1) is 0 Å². The average molecular weight is 322 g/mol. The predicted octanol–water partition coefficient (Wildman–Crippen LogP) is 1.74. The van der Waals surface area contributed by atoms with Crippen molar-refractivity contribution in [3.63, 3.8) is 0 Å². The first-order valence-corrected chi connectivity index (χ1v) is 6.92. The van der Waals surface area contributed by atoms with Crippen molar-refractivity contribution in [2.75, 3.05) is 35.4 Å². The van der Waals surface area contributed by atoms with Crippen LogP contribution in [0.5, 0.6) is 17.2 Å². The van der Waals surface area contributed by atoms with Crippen LogP contribution in [0, 0.1) is 0 Å². The maximum absolute atomic E-state index is 12.2. The van der Waals surface area contributed by atoms with Crippen molar-refractivity contribution in [1.29, 1.82) is 0 Å². The zero-order valence-electron chi connectivity index (χ0n) is 13.2. The Balaban J connectivity index is 2.52. The van der Waals surface area contributed by atoms with E-state index in [1.807, 2.05) is 0 Å². The lowest BCUT2D eigenvalue weighted by atomic mass is 10.1. The van der Waals surface area contributed by atoms with E-state index >= 15 is 0 Å². The van der Waals surface area contributed by atoms with Gasteiger partial charge in [-0.2, -0.15) is 0 Å². The first-order valence-electron chi connectivity index (χ1n) is 6.52. The van der Waals surface area contributed by atoms with Crippen LogP contribution in [0.3, 0.4) is 0 Å². The highest BCUT2D eigenvalue weighted by molar-refractivity contribution is 7.80. The number of ether oxygens (including phenoxy) is 3. The first kappa shape index (κ1) is 16.1. The molecule has 1 fully saturated rings. The smallest absolute Gasteiger partial charge is 0.276 e. The maximum atomic E-state index is 12.2. The molecule has 1 amide bonds. The molecule has 0 aliphatic carbocycles. The molecule has 0 bridgehead atoms. The maximum Gasteiger partial charge on any atom is 0.276 e. The molecule has 1 aromatic rings. The van der Waals surface area contributed by atoms with E-state index in [9.17, 15) is 4.79 Å². The number of thiocarbonyl (C=S) groups is 1. The van der Waals surface area contributed by atoms with Gasteiger partial charge in [0.2, 0.25) is 5.75 Å². The van der Waals surface area contributed by atoms with Gasteiger partial charge in [-0.3, -0.25) is 9.69 Å². The number of hydrogen-bond donors (Lipinski definition) is 0. The van der Waals surface area contributed by atoms with Crippen LogP contribution in [-0.4, -0.2) is 56.2 Å². The van der Waals surface area contributed by atoms with Gasteiger partial charge in [-0.1, -0.05) is 0 Å². The molecule has 1 saturated heterocycles. The third kappa shape index (κ3) is 2.59. The molecular weight excluding hydrogens is 304 g/mol. The Morgan fingerprint density at radius 3 is 1.91 bits per heavy atom. The predicted molar refractivity (Wildman–Crippen MR) is 87.2 cm³/mol. The highest BCUT2D eigenvalue weighted by Gasteiger charge is 2.32. The second-order valence-corrected chi connectivity index (χ2v) is 5.06. The number of methoxy groups -OCH3 is 3. The second-order valence-electron chi connectivity index (χ2n) is 4.69. The van der Waals surface area contributed by atoms with Crippen molar-refractivity contribution in [2.24, 2.45) is 0 Å². The lowest BCUT2D eigenvalue weighted by Gasteiger charge is -2.14. The summed E-state index contributed by atoms with van der Waals surface area (Å²) in [5.74, 6) is 1.41. The van der Waals surface area contributed by atoms with Gasteiger partial charge in [0.15, 0.2) is 16.6 Å². The molecule has 2 rings (SSSR count). The number of nitrogens with zero attached hydrogens (tertiary/aromatic N) is 2. The van der Waals surface area contributed by atoms with Gasteiger partial charge in [0.25, 0.3) is 5.91 Å². The zero-order chi connectivity index (χ0) is 16.4. The largest absolute Gasteiger partial charge is 0.493 e. The van der Waals surface area contributed by atoms with Crippen molar-refractivity contribution in [3.8, 4) is 17.2 Å². The lowest BCUT2D eigenvalue weighted by Crippen LogP contribution is -2.26. The number of benzene rings is 1. The Morgan fingerprint density at radius 2 is 1.55 bits per heavy atom. The van der Waals surface area contributed by atoms with Gasteiger partial charge in [-0.05, 0) is 36.0 Å². The van der Waals surface area contributed by atoms with E-state index in [-0.39, 0.29) is 5.91 Å². The minimum atomic E-state index is -0.152. The van der Waals surface area contributed by atoms with Crippen LogP contribution in [-0.2, 0) is 4.79 Å². The van der Waals surface area contributed by atoms with Gasteiger partial charge >= 0.3 is 0 Å². The molecule has 0 unspecified atom stereocenters. The van der Waals surface area contributed by atoms with E-state index in [2.05, 4.69) is 0 Å². The zero-order valence-corrected chi connectivity index (χ0v) is 14.0. The summed E-state index contributed by atoms with van der Waals surface area (Å²) in [4.78, 5) is 15.3. The van der Waals surface area contributed by atoms with Crippen LogP contribution in [0.1, 0.15) is 5.56 Å². The quantitative estimate of drug-likeness (QED) is 0.622. The molecular formula is C15H18N2O4S. The van der Waals surface area contributed by atoms with Gasteiger partial charge in [0.1, 0.15) is 5.70 Å². The van der Waals surface area contributed by atoms with Gasteiger partial charge in [0, 0.05) is 14.1 Å². The van der Waals surface area contributed by atoms with Crippen molar-refractivity contribution < 1.29 is 19.0 Å². The van der Waals surface area contributed by atoms with E-state index in [0.29, 0.717) is 28.1 Å². The second kappa shape index (κ2) is 6.23. The standard InChI is InChI=1S/C15H18N2O4S/c1-16-10(14(18)17(2)15(16)22)6-9-7-11(19-3)13(21-5)12(8-9)20-4/h6-8H,1-5H3. The van der Waals surface area contributed by atoms with Crippen molar-refractivity contribution in [3.05, 3.63) is 23.4 Å². The Bertz CT molecular complexity index is 632. The number of carbonyl (C=O) groups is 1. The molecule has 0 N–H and O–H groups in total. The molecule has 1 heterocycles. The van der Waals surface area contributed by atoms with E-state index in [1.165, 1.54) is 4.90 Å². The van der Waals surface area contributed by atoms with Crippen LogP contribution in [0.15, 0.2) is 17.8 Å². The summed E-state index contributed by atoms with van der Waals surface area (Å²) < 4.78 is 15.9. The molecule has 1 aromatic carbocycles. The Kier molecular flexibility index (Phi) is 4.56. The minimum Gasteiger partial charge on any atom is -0.493 e. The summed E-state index contributed by atoms with van der Waals surface area (Å²) in [6, 6.07) is 3.55. The summed E-state index contributed by atoms with van der Waals surface area (Å²) >= 11 is 5.19. The summed E-state index contributed by atoms with van der Waals surface area (Å²) in [5.41, 5.74) is 1.24. The normalized spacial score (nSPS) is 16.5. The topological polar surface area (TPSA) is 51.2 Å². The van der Waals surface area contributed by atoms with Gasteiger partial charge in [-0.25, -0.2) is 0 Å². The highest BCUT2D eigenvalue weighted by atomic mass is 32.1. The fourth-order valence-corrected chi connectivity index (χ4v) is 2.41. The molecule has 0 atom stereocenters. The van der Waals surface area contributed by atoms with E-state index < -0.39 is 0 Å².